The summed E-state index contributed by atoms with van der Waals surface area (Å²) in [7, 11) is 0. The fraction of sp³-hybridized carbons (Fsp3) is 0.250. The molecular formula is C12H16N2. The highest BCUT2D eigenvalue weighted by atomic mass is 15.0. The fourth-order valence-electron chi connectivity index (χ4n) is 0.973. The summed E-state index contributed by atoms with van der Waals surface area (Å²) in [6.45, 7) is 14.0. The molecule has 0 unspecified atom stereocenters. The maximum absolute atomic E-state index is 4.21. The second kappa shape index (κ2) is 4.09. The maximum Gasteiger partial charge on any atom is 0.0930 e. The Bertz CT molecular complexity index is 364. The standard InChI is InChI=1S/C12H16N2/c1-8(2)9(3)6-12-10(4)11(5)13-7-14-12/h6-7H,4-5H2,1-3H3,(H,13,14)/b12-6+. The predicted octanol–water partition coefficient (Wildman–Crippen LogP) is 2.93. The molecule has 0 amide bonds. The zero-order chi connectivity index (χ0) is 10.7. The van der Waals surface area contributed by atoms with Crippen molar-refractivity contribution >= 4 is 6.34 Å². The Balaban J connectivity index is 3.05. The van der Waals surface area contributed by atoms with Crippen molar-refractivity contribution in [3.63, 3.8) is 0 Å². The lowest BCUT2D eigenvalue weighted by Crippen LogP contribution is -2.16. The van der Waals surface area contributed by atoms with Crippen LogP contribution in [-0.4, -0.2) is 6.34 Å². The second-order valence-corrected chi connectivity index (χ2v) is 3.57. The van der Waals surface area contributed by atoms with E-state index in [2.05, 4.69) is 44.2 Å². The van der Waals surface area contributed by atoms with Crippen molar-refractivity contribution < 1.29 is 0 Å². The zero-order valence-corrected chi connectivity index (χ0v) is 9.02. The summed E-state index contributed by atoms with van der Waals surface area (Å²) < 4.78 is 0. The molecule has 0 atom stereocenters. The third-order valence-corrected chi connectivity index (χ3v) is 2.26. The van der Waals surface area contributed by atoms with Gasteiger partial charge in [-0.15, -0.1) is 0 Å². The minimum Gasteiger partial charge on any atom is -0.346 e. The monoisotopic (exact) mass is 188 g/mol. The van der Waals surface area contributed by atoms with Crippen molar-refractivity contribution in [1.82, 2.24) is 5.32 Å². The Hall–Kier alpha value is -1.57. The quantitative estimate of drug-likeness (QED) is 0.672. The van der Waals surface area contributed by atoms with Gasteiger partial charge in [-0.2, -0.15) is 0 Å². The number of hydrogen-bond acceptors (Lipinski definition) is 2. The number of hydrogen-bond donors (Lipinski definition) is 1. The van der Waals surface area contributed by atoms with Crippen molar-refractivity contribution in [1.29, 1.82) is 0 Å². The van der Waals surface area contributed by atoms with Crippen LogP contribution in [0, 0.1) is 0 Å². The summed E-state index contributed by atoms with van der Waals surface area (Å²) in [6, 6.07) is 0. The van der Waals surface area contributed by atoms with Crippen LogP contribution in [0.5, 0.6) is 0 Å². The van der Waals surface area contributed by atoms with E-state index >= 15 is 0 Å². The van der Waals surface area contributed by atoms with Crippen molar-refractivity contribution in [3.8, 4) is 0 Å². The molecule has 74 valence electrons. The molecule has 0 fully saturated rings. The van der Waals surface area contributed by atoms with Gasteiger partial charge in [0.1, 0.15) is 0 Å². The molecule has 1 rings (SSSR count). The molecule has 0 spiro atoms. The summed E-state index contributed by atoms with van der Waals surface area (Å²) in [5, 5.41) is 2.92. The van der Waals surface area contributed by atoms with Crippen molar-refractivity contribution in [3.05, 3.63) is 47.3 Å². The largest absolute Gasteiger partial charge is 0.346 e. The van der Waals surface area contributed by atoms with Gasteiger partial charge in [0.25, 0.3) is 0 Å². The Morgan fingerprint density at radius 3 is 2.57 bits per heavy atom. The minimum atomic E-state index is 0.813. The van der Waals surface area contributed by atoms with Crippen LogP contribution in [0.3, 0.4) is 0 Å². The van der Waals surface area contributed by atoms with Gasteiger partial charge < -0.3 is 5.32 Å². The van der Waals surface area contributed by atoms with Gasteiger partial charge in [-0.25, -0.2) is 4.99 Å². The molecule has 2 heteroatoms. The molecule has 0 aliphatic carbocycles. The van der Waals surface area contributed by atoms with E-state index in [9.17, 15) is 0 Å². The first-order chi connectivity index (χ1) is 6.52. The molecule has 0 aromatic carbocycles. The zero-order valence-electron chi connectivity index (χ0n) is 9.02. The van der Waals surface area contributed by atoms with Gasteiger partial charge in [0.05, 0.1) is 12.0 Å². The van der Waals surface area contributed by atoms with E-state index in [0.29, 0.717) is 0 Å². The normalized spacial score (nSPS) is 18.4. The first-order valence-corrected chi connectivity index (χ1v) is 4.55. The maximum atomic E-state index is 4.21. The molecule has 1 aliphatic rings. The van der Waals surface area contributed by atoms with Crippen molar-refractivity contribution in [2.45, 2.75) is 20.8 Å². The van der Waals surface area contributed by atoms with Gasteiger partial charge in [0.2, 0.25) is 0 Å². The molecule has 0 aromatic heterocycles. The molecular weight excluding hydrogens is 172 g/mol. The van der Waals surface area contributed by atoms with Gasteiger partial charge in [-0.3, -0.25) is 0 Å². The third-order valence-electron chi connectivity index (χ3n) is 2.26. The molecule has 1 heterocycles. The van der Waals surface area contributed by atoms with Gasteiger partial charge in [0, 0.05) is 11.3 Å². The van der Waals surface area contributed by atoms with Crippen LogP contribution in [0.4, 0.5) is 0 Å². The number of allylic oxidation sites excluding steroid dienone is 3. The average molecular weight is 188 g/mol. The number of nitrogens with zero attached hydrogens (tertiary/aromatic N) is 1. The predicted molar refractivity (Wildman–Crippen MR) is 62.0 cm³/mol. The molecule has 0 aromatic rings. The number of rotatable bonds is 1. The SMILES string of the molecule is C=C1NC=N/C(=C/C(C)=C(C)C)C1=C. The van der Waals surface area contributed by atoms with E-state index < -0.39 is 0 Å². The van der Waals surface area contributed by atoms with E-state index in [1.807, 2.05) is 6.08 Å². The van der Waals surface area contributed by atoms with Crippen LogP contribution < -0.4 is 5.32 Å². The molecule has 2 nitrogen and oxygen atoms in total. The molecule has 0 saturated carbocycles. The van der Waals surface area contributed by atoms with Crippen LogP contribution in [0.2, 0.25) is 0 Å². The highest BCUT2D eigenvalue weighted by Gasteiger charge is 2.08. The Kier molecular flexibility index (Phi) is 3.07. The summed E-state index contributed by atoms with van der Waals surface area (Å²) in [5.74, 6) is 0. The summed E-state index contributed by atoms with van der Waals surface area (Å²) in [6.07, 6.45) is 3.67. The third kappa shape index (κ3) is 2.22. The summed E-state index contributed by atoms with van der Waals surface area (Å²) >= 11 is 0. The topological polar surface area (TPSA) is 24.4 Å². The first kappa shape index (κ1) is 10.5. The van der Waals surface area contributed by atoms with E-state index in [0.717, 1.165) is 17.0 Å². The van der Waals surface area contributed by atoms with Crippen LogP contribution in [-0.2, 0) is 0 Å². The van der Waals surface area contributed by atoms with Crippen LogP contribution in [0.25, 0.3) is 0 Å². The second-order valence-electron chi connectivity index (χ2n) is 3.57. The number of nitrogens with one attached hydrogen (secondary N) is 1. The minimum absolute atomic E-state index is 0.813. The van der Waals surface area contributed by atoms with Gasteiger partial charge >= 0.3 is 0 Å². The van der Waals surface area contributed by atoms with Crippen LogP contribution in [0.1, 0.15) is 20.8 Å². The van der Waals surface area contributed by atoms with Crippen LogP contribution >= 0.6 is 0 Å². The number of aliphatic imine (C=N–C) groups is 1. The smallest absolute Gasteiger partial charge is 0.0930 e. The molecule has 1 N–H and O–H groups in total. The Morgan fingerprint density at radius 2 is 2.00 bits per heavy atom. The van der Waals surface area contributed by atoms with Crippen molar-refractivity contribution in [2.24, 2.45) is 4.99 Å². The van der Waals surface area contributed by atoms with Gasteiger partial charge in [0.15, 0.2) is 0 Å². The lowest BCUT2D eigenvalue weighted by molar-refractivity contribution is 1.09. The van der Waals surface area contributed by atoms with Crippen LogP contribution in [0.15, 0.2) is 52.3 Å². The molecule has 0 saturated heterocycles. The molecule has 14 heavy (non-hydrogen) atoms. The summed E-state index contributed by atoms with van der Waals surface area (Å²) in [5.41, 5.74) is 5.05. The lowest BCUT2D eigenvalue weighted by atomic mass is 10.1. The van der Waals surface area contributed by atoms with Crippen molar-refractivity contribution in [2.75, 3.05) is 0 Å². The highest BCUT2D eigenvalue weighted by Crippen LogP contribution is 2.20. The molecule has 0 radical (unpaired) electrons. The van der Waals surface area contributed by atoms with E-state index in [1.54, 1.807) is 6.34 Å². The molecule has 0 bridgehead atoms. The Labute approximate surface area is 85.4 Å². The van der Waals surface area contributed by atoms with E-state index in [1.165, 1.54) is 11.1 Å². The summed E-state index contributed by atoms with van der Waals surface area (Å²) in [4.78, 5) is 4.21. The Morgan fingerprint density at radius 1 is 1.36 bits per heavy atom. The van der Waals surface area contributed by atoms with Gasteiger partial charge in [-0.05, 0) is 26.8 Å². The average Bonchev–Trinajstić information content (AvgIpc) is 2.12. The van der Waals surface area contributed by atoms with E-state index in [4.69, 9.17) is 0 Å². The lowest BCUT2D eigenvalue weighted by Gasteiger charge is -2.14. The molecule has 1 aliphatic heterocycles. The van der Waals surface area contributed by atoms with Gasteiger partial charge in [-0.1, -0.05) is 24.3 Å². The highest BCUT2D eigenvalue weighted by molar-refractivity contribution is 5.68. The first-order valence-electron chi connectivity index (χ1n) is 4.55. The fourth-order valence-corrected chi connectivity index (χ4v) is 0.973. The van der Waals surface area contributed by atoms with E-state index in [-0.39, 0.29) is 0 Å².